The number of thiazole rings is 1. The summed E-state index contributed by atoms with van der Waals surface area (Å²) in [6.07, 6.45) is 4.63. The van der Waals surface area contributed by atoms with Gasteiger partial charge in [-0.05, 0) is 43.0 Å². The van der Waals surface area contributed by atoms with Gasteiger partial charge in [0.05, 0.1) is 6.61 Å². The molecule has 3 rings (SSSR count). The van der Waals surface area contributed by atoms with E-state index in [0.29, 0.717) is 5.92 Å². The van der Waals surface area contributed by atoms with Crippen LogP contribution in [0.4, 0.5) is 0 Å². The van der Waals surface area contributed by atoms with Gasteiger partial charge in [-0.3, -0.25) is 0 Å². The van der Waals surface area contributed by atoms with Crippen LogP contribution in [0.25, 0.3) is 10.6 Å². The molecule has 21 heavy (non-hydrogen) atoms. The van der Waals surface area contributed by atoms with Crippen LogP contribution in [0, 0.1) is 5.92 Å². The Balaban J connectivity index is 1.60. The first-order valence-corrected chi connectivity index (χ1v) is 8.43. The summed E-state index contributed by atoms with van der Waals surface area (Å²) in [6.45, 7) is 6.01. The Labute approximate surface area is 130 Å². The minimum absolute atomic E-state index is 0.546. The Bertz CT molecular complexity index is 573. The van der Waals surface area contributed by atoms with Crippen LogP contribution in [-0.4, -0.2) is 17.6 Å². The summed E-state index contributed by atoms with van der Waals surface area (Å²) in [5.41, 5.74) is 1.16. The number of benzene rings is 1. The van der Waals surface area contributed by atoms with Gasteiger partial charge in [0.2, 0.25) is 0 Å². The van der Waals surface area contributed by atoms with Gasteiger partial charge in [-0.2, -0.15) is 0 Å². The predicted molar refractivity (Wildman–Crippen MR) is 87.7 cm³/mol. The van der Waals surface area contributed by atoms with Crippen LogP contribution in [0.3, 0.4) is 0 Å². The number of nitrogens with zero attached hydrogens (tertiary/aromatic N) is 1. The molecule has 1 saturated carbocycles. The molecule has 1 N–H and O–H groups in total. The van der Waals surface area contributed by atoms with Crippen molar-refractivity contribution in [2.45, 2.75) is 39.3 Å². The lowest BCUT2D eigenvalue weighted by atomic mass is 10.2. The Morgan fingerprint density at radius 2 is 2.05 bits per heavy atom. The van der Waals surface area contributed by atoms with Crippen LogP contribution < -0.4 is 10.1 Å². The maximum atomic E-state index is 5.71. The molecule has 0 spiro atoms. The highest BCUT2D eigenvalue weighted by molar-refractivity contribution is 7.15. The van der Waals surface area contributed by atoms with Gasteiger partial charge < -0.3 is 10.1 Å². The van der Waals surface area contributed by atoms with Crippen molar-refractivity contribution in [1.29, 1.82) is 0 Å². The van der Waals surface area contributed by atoms with Crippen molar-refractivity contribution in [3.63, 3.8) is 0 Å². The molecule has 0 bridgehead atoms. The van der Waals surface area contributed by atoms with Crippen molar-refractivity contribution in [3.8, 4) is 16.3 Å². The molecular weight excluding hydrogens is 280 g/mol. The van der Waals surface area contributed by atoms with Gasteiger partial charge in [0.15, 0.2) is 0 Å². The van der Waals surface area contributed by atoms with Crippen LogP contribution in [0.5, 0.6) is 5.75 Å². The molecule has 1 fully saturated rings. The quantitative estimate of drug-likeness (QED) is 0.836. The first-order valence-electron chi connectivity index (χ1n) is 7.62. The highest BCUT2D eigenvalue weighted by atomic mass is 32.1. The Kier molecular flexibility index (Phi) is 4.56. The van der Waals surface area contributed by atoms with Crippen molar-refractivity contribution in [1.82, 2.24) is 10.3 Å². The SMILES string of the molecule is CC(C)COc1ccc(-c2ncc(CNC3CC3)s2)cc1. The van der Waals surface area contributed by atoms with Gasteiger partial charge in [-0.25, -0.2) is 4.98 Å². The second-order valence-corrected chi connectivity index (χ2v) is 7.13. The van der Waals surface area contributed by atoms with E-state index in [-0.39, 0.29) is 0 Å². The fraction of sp³-hybridized carbons (Fsp3) is 0.471. The van der Waals surface area contributed by atoms with E-state index in [1.165, 1.54) is 17.7 Å². The lowest BCUT2D eigenvalue weighted by Crippen LogP contribution is -2.14. The maximum absolute atomic E-state index is 5.71. The smallest absolute Gasteiger partial charge is 0.123 e. The molecule has 0 radical (unpaired) electrons. The van der Waals surface area contributed by atoms with Crippen LogP contribution in [-0.2, 0) is 6.54 Å². The molecule has 1 aromatic carbocycles. The topological polar surface area (TPSA) is 34.1 Å². The Hall–Kier alpha value is -1.39. The minimum Gasteiger partial charge on any atom is -0.493 e. The average molecular weight is 302 g/mol. The van der Waals surface area contributed by atoms with Crippen molar-refractivity contribution in [3.05, 3.63) is 35.3 Å². The molecule has 4 heteroatoms. The van der Waals surface area contributed by atoms with E-state index < -0.39 is 0 Å². The molecule has 0 amide bonds. The molecule has 1 aliphatic rings. The molecule has 0 unspecified atom stereocenters. The molecule has 1 aliphatic carbocycles. The van der Waals surface area contributed by atoms with E-state index in [1.54, 1.807) is 11.3 Å². The molecule has 0 atom stereocenters. The lowest BCUT2D eigenvalue weighted by molar-refractivity contribution is 0.271. The maximum Gasteiger partial charge on any atom is 0.123 e. The van der Waals surface area contributed by atoms with Crippen molar-refractivity contribution < 1.29 is 4.74 Å². The Morgan fingerprint density at radius 1 is 1.29 bits per heavy atom. The monoisotopic (exact) mass is 302 g/mol. The van der Waals surface area contributed by atoms with Crippen molar-refractivity contribution >= 4 is 11.3 Å². The first kappa shape index (κ1) is 14.5. The number of ether oxygens (including phenoxy) is 1. The van der Waals surface area contributed by atoms with Gasteiger partial charge in [-0.15, -0.1) is 11.3 Å². The third-order valence-corrected chi connectivity index (χ3v) is 4.43. The molecule has 1 aromatic heterocycles. The van der Waals surface area contributed by atoms with Crippen LogP contribution in [0.2, 0.25) is 0 Å². The third-order valence-electron chi connectivity index (χ3n) is 3.38. The van der Waals surface area contributed by atoms with Crippen LogP contribution in [0.1, 0.15) is 31.6 Å². The number of aromatic nitrogens is 1. The fourth-order valence-corrected chi connectivity index (χ4v) is 2.88. The zero-order chi connectivity index (χ0) is 14.7. The Morgan fingerprint density at radius 3 is 2.71 bits per heavy atom. The average Bonchev–Trinajstić information content (AvgIpc) is 3.20. The minimum atomic E-state index is 0.546. The van der Waals surface area contributed by atoms with E-state index in [2.05, 4.69) is 36.3 Å². The number of nitrogens with one attached hydrogen (secondary N) is 1. The van der Waals surface area contributed by atoms with Gasteiger partial charge in [0.25, 0.3) is 0 Å². The lowest BCUT2D eigenvalue weighted by Gasteiger charge is -2.08. The zero-order valence-electron chi connectivity index (χ0n) is 12.6. The second-order valence-electron chi connectivity index (χ2n) is 6.02. The molecule has 1 heterocycles. The van der Waals surface area contributed by atoms with E-state index in [9.17, 15) is 0 Å². The summed E-state index contributed by atoms with van der Waals surface area (Å²) in [7, 11) is 0. The van der Waals surface area contributed by atoms with Crippen molar-refractivity contribution in [2.75, 3.05) is 6.61 Å². The molecule has 0 saturated heterocycles. The van der Waals surface area contributed by atoms with E-state index in [4.69, 9.17) is 4.74 Å². The molecule has 0 aliphatic heterocycles. The number of hydrogen-bond acceptors (Lipinski definition) is 4. The van der Waals surface area contributed by atoms with E-state index >= 15 is 0 Å². The number of rotatable bonds is 7. The van der Waals surface area contributed by atoms with Crippen molar-refractivity contribution in [2.24, 2.45) is 5.92 Å². The zero-order valence-corrected chi connectivity index (χ0v) is 13.5. The first-order chi connectivity index (χ1) is 10.2. The molecule has 3 nitrogen and oxygen atoms in total. The molecular formula is C17H22N2OS. The van der Waals surface area contributed by atoms with E-state index in [0.717, 1.165) is 35.5 Å². The van der Waals surface area contributed by atoms with E-state index in [1.807, 2.05) is 18.3 Å². The summed E-state index contributed by atoms with van der Waals surface area (Å²) in [4.78, 5) is 5.83. The predicted octanol–water partition coefficient (Wildman–Crippen LogP) is 4.10. The fourth-order valence-electron chi connectivity index (χ4n) is 2.01. The normalized spacial score (nSPS) is 14.6. The largest absolute Gasteiger partial charge is 0.493 e. The summed E-state index contributed by atoms with van der Waals surface area (Å²) in [5, 5.41) is 4.61. The summed E-state index contributed by atoms with van der Waals surface area (Å²) in [6, 6.07) is 8.98. The van der Waals surface area contributed by atoms with Gasteiger partial charge >= 0.3 is 0 Å². The van der Waals surface area contributed by atoms with Crippen LogP contribution in [0.15, 0.2) is 30.5 Å². The standard InChI is InChI=1S/C17H22N2OS/c1-12(2)11-20-15-7-3-13(4-8-15)17-19-10-16(21-17)9-18-14-5-6-14/h3-4,7-8,10,12,14,18H,5-6,9,11H2,1-2H3. The van der Waals surface area contributed by atoms with Gasteiger partial charge in [-0.1, -0.05) is 13.8 Å². The highest BCUT2D eigenvalue weighted by Crippen LogP contribution is 2.28. The summed E-state index contributed by atoms with van der Waals surface area (Å²) in [5.74, 6) is 1.48. The number of hydrogen-bond donors (Lipinski definition) is 1. The van der Waals surface area contributed by atoms with Crippen LogP contribution >= 0.6 is 11.3 Å². The molecule has 2 aromatic rings. The summed E-state index contributed by atoms with van der Waals surface area (Å²) < 4.78 is 5.71. The summed E-state index contributed by atoms with van der Waals surface area (Å²) >= 11 is 1.77. The highest BCUT2D eigenvalue weighted by Gasteiger charge is 2.20. The van der Waals surface area contributed by atoms with Gasteiger partial charge in [0, 0.05) is 29.2 Å². The molecule has 112 valence electrons. The second kappa shape index (κ2) is 6.58. The van der Waals surface area contributed by atoms with Gasteiger partial charge in [0.1, 0.15) is 10.8 Å². The third kappa shape index (κ3) is 4.29.